The van der Waals surface area contributed by atoms with Crippen LogP contribution in [0.3, 0.4) is 0 Å². The van der Waals surface area contributed by atoms with Crippen molar-refractivity contribution in [2.75, 3.05) is 20.3 Å². The lowest BCUT2D eigenvalue weighted by molar-refractivity contribution is 0.103. The van der Waals surface area contributed by atoms with Crippen LogP contribution in [0.1, 0.15) is 27.0 Å². The molecule has 0 N–H and O–H groups in total. The summed E-state index contributed by atoms with van der Waals surface area (Å²) in [5.74, 6) is 1.42. The van der Waals surface area contributed by atoms with Gasteiger partial charge in [0.1, 0.15) is 19.0 Å². The Balaban J connectivity index is 1.69. The second-order valence-electron chi connectivity index (χ2n) is 8.06. The number of ether oxygens (including phenoxy) is 3. The molecule has 4 aromatic rings. The fourth-order valence-electron chi connectivity index (χ4n) is 4.12. The molecule has 0 saturated heterocycles. The number of hydrogen-bond acceptors (Lipinski definition) is 5. The topological polar surface area (TPSA) is 66.8 Å². The van der Waals surface area contributed by atoms with Gasteiger partial charge in [0.25, 0.3) is 0 Å². The SMILES string of the molecule is COc1ccc(C(=O)c2cn(Cc3cccc(C)c3)c3cc4c(cc3c2=O)OCCO4)cc1. The zero-order valence-electron chi connectivity index (χ0n) is 18.5. The molecule has 0 atom stereocenters. The van der Waals surface area contributed by atoms with E-state index in [1.54, 1.807) is 43.6 Å². The fraction of sp³-hybridized carbons (Fsp3) is 0.185. The van der Waals surface area contributed by atoms with Gasteiger partial charge in [0, 0.05) is 24.4 Å². The standard InChI is InChI=1S/C27H23NO5/c1-17-4-3-5-18(12-17)15-28-16-22(26(29)19-6-8-20(31-2)9-7-19)27(30)21-13-24-25(14-23(21)28)33-11-10-32-24/h3-9,12-14,16H,10-11,15H2,1-2H3. The number of carbonyl (C=O) groups is 1. The van der Waals surface area contributed by atoms with Crippen molar-refractivity contribution in [1.29, 1.82) is 0 Å². The van der Waals surface area contributed by atoms with E-state index >= 15 is 0 Å². The highest BCUT2D eigenvalue weighted by molar-refractivity contribution is 6.10. The average molecular weight is 441 g/mol. The molecule has 0 saturated carbocycles. The molecule has 1 aromatic heterocycles. The molecule has 33 heavy (non-hydrogen) atoms. The minimum absolute atomic E-state index is 0.108. The Morgan fingerprint density at radius 1 is 1.00 bits per heavy atom. The largest absolute Gasteiger partial charge is 0.497 e. The van der Waals surface area contributed by atoms with Gasteiger partial charge in [-0.2, -0.15) is 0 Å². The van der Waals surface area contributed by atoms with Gasteiger partial charge in [-0.1, -0.05) is 29.8 Å². The van der Waals surface area contributed by atoms with Crippen LogP contribution in [0, 0.1) is 6.92 Å². The minimum Gasteiger partial charge on any atom is -0.497 e. The molecule has 6 heteroatoms. The Bertz CT molecular complexity index is 1420. The van der Waals surface area contributed by atoms with Gasteiger partial charge in [0.2, 0.25) is 5.43 Å². The number of carbonyl (C=O) groups excluding carboxylic acids is 1. The third-order valence-corrected chi connectivity index (χ3v) is 5.78. The van der Waals surface area contributed by atoms with Gasteiger partial charge in [-0.15, -0.1) is 0 Å². The van der Waals surface area contributed by atoms with Gasteiger partial charge in [-0.05, 0) is 42.8 Å². The summed E-state index contributed by atoms with van der Waals surface area (Å²) in [5.41, 5.74) is 3.10. The second-order valence-corrected chi connectivity index (χ2v) is 8.06. The van der Waals surface area contributed by atoms with E-state index in [1.807, 2.05) is 35.8 Å². The smallest absolute Gasteiger partial charge is 0.200 e. The van der Waals surface area contributed by atoms with E-state index in [1.165, 1.54) is 0 Å². The molecule has 2 heterocycles. The van der Waals surface area contributed by atoms with Crippen LogP contribution in [0.15, 0.2) is 71.7 Å². The molecule has 6 nitrogen and oxygen atoms in total. The van der Waals surface area contributed by atoms with E-state index in [0.29, 0.717) is 53.5 Å². The number of benzene rings is 3. The van der Waals surface area contributed by atoms with E-state index < -0.39 is 0 Å². The molecule has 166 valence electrons. The summed E-state index contributed by atoms with van der Waals surface area (Å²) in [4.78, 5) is 26.8. The first kappa shape index (κ1) is 20.8. The van der Waals surface area contributed by atoms with Gasteiger partial charge in [0.15, 0.2) is 17.3 Å². The summed E-state index contributed by atoms with van der Waals surface area (Å²) in [6, 6.07) is 18.4. The van der Waals surface area contributed by atoms with Gasteiger partial charge in [0.05, 0.1) is 23.6 Å². The highest BCUT2D eigenvalue weighted by Crippen LogP contribution is 2.34. The van der Waals surface area contributed by atoms with Gasteiger partial charge in [-0.3, -0.25) is 9.59 Å². The molecular weight excluding hydrogens is 418 g/mol. The van der Waals surface area contributed by atoms with E-state index in [-0.39, 0.29) is 16.8 Å². The minimum atomic E-state index is -0.336. The van der Waals surface area contributed by atoms with Crippen molar-refractivity contribution in [3.05, 3.63) is 99.3 Å². The van der Waals surface area contributed by atoms with Crippen LogP contribution >= 0.6 is 0 Å². The zero-order chi connectivity index (χ0) is 22.9. The van der Waals surface area contributed by atoms with Gasteiger partial charge >= 0.3 is 0 Å². The molecule has 0 spiro atoms. The maximum atomic E-state index is 13.5. The van der Waals surface area contributed by atoms with Crippen LogP contribution in [-0.4, -0.2) is 30.7 Å². The van der Waals surface area contributed by atoms with Crippen LogP contribution < -0.4 is 19.6 Å². The maximum absolute atomic E-state index is 13.5. The molecule has 0 unspecified atom stereocenters. The van der Waals surface area contributed by atoms with Crippen molar-refractivity contribution in [3.8, 4) is 17.2 Å². The number of aryl methyl sites for hydroxylation is 1. The summed E-state index contributed by atoms with van der Waals surface area (Å²) in [5, 5.41) is 0.422. The lowest BCUT2D eigenvalue weighted by Crippen LogP contribution is -2.21. The van der Waals surface area contributed by atoms with Crippen LogP contribution in [0.2, 0.25) is 0 Å². The Hall–Kier alpha value is -4.06. The molecule has 1 aliphatic heterocycles. The van der Waals surface area contributed by atoms with Gasteiger partial charge in [-0.25, -0.2) is 0 Å². The molecule has 5 rings (SSSR count). The summed E-state index contributed by atoms with van der Waals surface area (Å²) >= 11 is 0. The monoisotopic (exact) mass is 441 g/mol. The van der Waals surface area contributed by atoms with E-state index in [0.717, 1.165) is 11.1 Å². The fourth-order valence-corrected chi connectivity index (χ4v) is 4.12. The molecule has 1 aliphatic rings. The maximum Gasteiger partial charge on any atom is 0.200 e. The highest BCUT2D eigenvalue weighted by atomic mass is 16.6. The van der Waals surface area contributed by atoms with E-state index in [9.17, 15) is 9.59 Å². The molecule has 0 amide bonds. The van der Waals surface area contributed by atoms with Gasteiger partial charge < -0.3 is 18.8 Å². The number of rotatable bonds is 5. The number of aromatic nitrogens is 1. The van der Waals surface area contributed by atoms with Crippen molar-refractivity contribution in [2.24, 2.45) is 0 Å². The highest BCUT2D eigenvalue weighted by Gasteiger charge is 2.21. The first-order chi connectivity index (χ1) is 16.0. The van der Waals surface area contributed by atoms with Crippen LogP contribution in [0.5, 0.6) is 17.2 Å². The van der Waals surface area contributed by atoms with Crippen LogP contribution in [0.4, 0.5) is 0 Å². The molecule has 0 fully saturated rings. The average Bonchev–Trinajstić information content (AvgIpc) is 2.84. The lowest BCUT2D eigenvalue weighted by Gasteiger charge is -2.21. The summed E-state index contributed by atoms with van der Waals surface area (Å²) in [6.07, 6.45) is 1.65. The first-order valence-corrected chi connectivity index (χ1v) is 10.7. The predicted octanol–water partition coefficient (Wildman–Crippen LogP) is 4.37. The molecule has 3 aromatic carbocycles. The molecule has 0 radical (unpaired) electrons. The summed E-state index contributed by atoms with van der Waals surface area (Å²) < 4.78 is 18.6. The van der Waals surface area contributed by atoms with Crippen LogP contribution in [-0.2, 0) is 6.54 Å². The third kappa shape index (κ3) is 3.96. The van der Waals surface area contributed by atoms with Crippen molar-refractivity contribution in [1.82, 2.24) is 4.57 Å². The number of nitrogens with zero attached hydrogens (tertiary/aromatic N) is 1. The second kappa shape index (κ2) is 8.47. The van der Waals surface area contributed by atoms with Crippen molar-refractivity contribution in [2.45, 2.75) is 13.5 Å². The Morgan fingerprint density at radius 3 is 2.42 bits per heavy atom. The van der Waals surface area contributed by atoms with Crippen LogP contribution in [0.25, 0.3) is 10.9 Å². The third-order valence-electron chi connectivity index (χ3n) is 5.78. The quantitative estimate of drug-likeness (QED) is 0.430. The van der Waals surface area contributed by atoms with Crippen molar-refractivity contribution < 1.29 is 19.0 Å². The number of hydrogen-bond donors (Lipinski definition) is 0. The normalized spacial score (nSPS) is 12.5. The van der Waals surface area contributed by atoms with E-state index in [2.05, 4.69) is 6.07 Å². The molecule has 0 bridgehead atoms. The molecule has 0 aliphatic carbocycles. The Morgan fingerprint density at radius 2 is 1.73 bits per heavy atom. The zero-order valence-corrected chi connectivity index (χ0v) is 18.5. The van der Waals surface area contributed by atoms with Crippen molar-refractivity contribution >= 4 is 16.7 Å². The lowest BCUT2D eigenvalue weighted by atomic mass is 10.0. The summed E-state index contributed by atoms with van der Waals surface area (Å²) in [6.45, 7) is 3.41. The number of ketones is 1. The Labute approximate surface area is 191 Å². The number of pyridine rings is 1. The Kier molecular flexibility index (Phi) is 5.34. The molecular formula is C27H23NO5. The predicted molar refractivity (Wildman–Crippen MR) is 126 cm³/mol. The van der Waals surface area contributed by atoms with Crippen molar-refractivity contribution in [3.63, 3.8) is 0 Å². The van der Waals surface area contributed by atoms with E-state index in [4.69, 9.17) is 14.2 Å². The summed E-state index contributed by atoms with van der Waals surface area (Å²) in [7, 11) is 1.57. The number of fused-ring (bicyclic) bond motifs is 2. The number of methoxy groups -OCH3 is 1. The first-order valence-electron chi connectivity index (χ1n) is 10.7.